The van der Waals surface area contributed by atoms with Gasteiger partial charge in [-0.1, -0.05) is 200 Å². The van der Waals surface area contributed by atoms with Gasteiger partial charge in [0.1, 0.15) is 11.2 Å². The van der Waals surface area contributed by atoms with Crippen LogP contribution < -0.4 is 0 Å². The zero-order chi connectivity index (χ0) is 39.1. The van der Waals surface area contributed by atoms with Crippen LogP contribution in [0.15, 0.2) is 223 Å². The average Bonchev–Trinajstić information content (AvgIpc) is 3.71. The van der Waals surface area contributed by atoms with Crippen LogP contribution in [0, 0.1) is 0 Å². The Morgan fingerprint density at radius 1 is 0.288 bits per heavy atom. The highest BCUT2D eigenvalue weighted by molar-refractivity contribution is 6.22. The summed E-state index contributed by atoms with van der Waals surface area (Å²) >= 11 is 0. The van der Waals surface area contributed by atoms with Crippen LogP contribution in [0.25, 0.3) is 111 Å². The highest BCUT2D eigenvalue weighted by Gasteiger charge is 2.18. The third-order valence-corrected chi connectivity index (χ3v) is 11.3. The fourth-order valence-electron chi connectivity index (χ4n) is 8.34. The maximum atomic E-state index is 6.63. The fourth-order valence-corrected chi connectivity index (χ4v) is 8.34. The minimum Gasteiger partial charge on any atom is -0.455 e. The highest BCUT2D eigenvalue weighted by Crippen LogP contribution is 2.43. The number of benzene rings is 9. The van der Waals surface area contributed by atoms with E-state index in [0.717, 1.165) is 77.5 Å². The van der Waals surface area contributed by atoms with Gasteiger partial charge < -0.3 is 4.42 Å². The molecule has 0 fully saturated rings. The smallest absolute Gasteiger partial charge is 0.160 e. The molecule has 0 aliphatic rings. The summed E-state index contributed by atoms with van der Waals surface area (Å²) < 4.78 is 6.63. The molecule has 0 saturated carbocycles. The van der Waals surface area contributed by atoms with Crippen LogP contribution in [0.5, 0.6) is 0 Å². The highest BCUT2D eigenvalue weighted by atomic mass is 16.3. The summed E-state index contributed by atoms with van der Waals surface area (Å²) in [5.41, 5.74) is 15.9. The van der Waals surface area contributed by atoms with Gasteiger partial charge in [0.25, 0.3) is 0 Å². The van der Waals surface area contributed by atoms with Gasteiger partial charge >= 0.3 is 0 Å². The number of fused-ring (bicyclic) bond motifs is 5. The molecule has 0 saturated heterocycles. The molecular formula is C56H36N2O. The standard InChI is InChI=1S/C56H36N2O/c1-4-13-37(14-5-1)39-23-29-43(30-24-39)51-36-52(58-56(57-51)45-33-25-40(26-34-45)38-15-6-2-7-16-38)44-31-27-42(28-32-44)49-35-50-54-46(41-17-8-3-9-18-41)21-12-22-53(54)59-55(50)48-20-11-10-19-47(48)49/h1-36H. The van der Waals surface area contributed by atoms with Gasteiger partial charge in [0.15, 0.2) is 5.82 Å². The SMILES string of the molecule is c1ccc(-c2ccc(-c3cc(-c4ccc(-c5cc6c(oc7cccc(-c8ccccc8)c76)c6ccccc56)cc4)nc(-c4ccc(-c5ccccc5)cc4)n3)cc2)cc1. The average molecular weight is 753 g/mol. The Bertz CT molecular complexity index is 3160. The Balaban J connectivity index is 1.02. The summed E-state index contributed by atoms with van der Waals surface area (Å²) in [7, 11) is 0. The second kappa shape index (κ2) is 14.6. The molecule has 276 valence electrons. The number of aromatic nitrogens is 2. The molecule has 0 bridgehead atoms. The topological polar surface area (TPSA) is 38.9 Å². The Kier molecular flexibility index (Phi) is 8.49. The quantitative estimate of drug-likeness (QED) is 0.163. The number of hydrogen-bond acceptors (Lipinski definition) is 3. The molecule has 59 heavy (non-hydrogen) atoms. The number of nitrogens with zero attached hydrogens (tertiary/aromatic N) is 2. The Hall–Kier alpha value is -7.88. The molecule has 0 aliphatic carbocycles. The summed E-state index contributed by atoms with van der Waals surface area (Å²) in [5, 5.41) is 4.49. The van der Waals surface area contributed by atoms with Gasteiger partial charge in [-0.3, -0.25) is 0 Å². The molecule has 0 aliphatic heterocycles. The first-order valence-corrected chi connectivity index (χ1v) is 20.0. The molecule has 2 heterocycles. The molecule has 9 aromatic carbocycles. The van der Waals surface area contributed by atoms with Crippen LogP contribution in [0.2, 0.25) is 0 Å². The maximum Gasteiger partial charge on any atom is 0.160 e. The fraction of sp³-hybridized carbons (Fsp3) is 0. The van der Waals surface area contributed by atoms with Crippen molar-refractivity contribution in [1.29, 1.82) is 0 Å². The third-order valence-electron chi connectivity index (χ3n) is 11.3. The molecule has 3 heteroatoms. The van der Waals surface area contributed by atoms with Crippen LogP contribution in [0.3, 0.4) is 0 Å². The molecule has 0 amide bonds. The van der Waals surface area contributed by atoms with E-state index < -0.39 is 0 Å². The molecule has 0 unspecified atom stereocenters. The van der Waals surface area contributed by atoms with Gasteiger partial charge in [-0.15, -0.1) is 0 Å². The van der Waals surface area contributed by atoms with E-state index in [9.17, 15) is 0 Å². The lowest BCUT2D eigenvalue weighted by atomic mass is 9.93. The lowest BCUT2D eigenvalue weighted by molar-refractivity contribution is 0.673. The predicted molar refractivity (Wildman–Crippen MR) is 245 cm³/mol. The summed E-state index contributed by atoms with van der Waals surface area (Å²) in [5.74, 6) is 0.686. The van der Waals surface area contributed by atoms with Crippen molar-refractivity contribution >= 4 is 32.7 Å². The minimum atomic E-state index is 0.686. The Labute approximate surface area is 342 Å². The van der Waals surface area contributed by atoms with E-state index in [0.29, 0.717) is 5.82 Å². The molecule has 0 spiro atoms. The first kappa shape index (κ1) is 34.4. The van der Waals surface area contributed by atoms with E-state index in [4.69, 9.17) is 14.4 Å². The van der Waals surface area contributed by atoms with Crippen LogP contribution in [0.1, 0.15) is 0 Å². The van der Waals surface area contributed by atoms with Gasteiger partial charge in [-0.2, -0.15) is 0 Å². The van der Waals surface area contributed by atoms with Gasteiger partial charge in [0, 0.05) is 32.8 Å². The third kappa shape index (κ3) is 6.36. The zero-order valence-electron chi connectivity index (χ0n) is 32.1. The lowest BCUT2D eigenvalue weighted by Crippen LogP contribution is -1.96. The second-order valence-electron chi connectivity index (χ2n) is 14.9. The van der Waals surface area contributed by atoms with Crippen LogP contribution >= 0.6 is 0 Å². The predicted octanol–water partition coefficient (Wildman–Crippen LogP) is 15.2. The minimum absolute atomic E-state index is 0.686. The summed E-state index contributed by atoms with van der Waals surface area (Å²) in [4.78, 5) is 10.4. The van der Waals surface area contributed by atoms with E-state index in [1.54, 1.807) is 0 Å². The summed E-state index contributed by atoms with van der Waals surface area (Å²) in [6, 6.07) is 76.8. The van der Waals surface area contributed by atoms with Crippen molar-refractivity contribution in [2.45, 2.75) is 0 Å². The van der Waals surface area contributed by atoms with Crippen molar-refractivity contribution in [1.82, 2.24) is 9.97 Å². The molecule has 0 atom stereocenters. The van der Waals surface area contributed by atoms with Crippen molar-refractivity contribution in [2.75, 3.05) is 0 Å². The summed E-state index contributed by atoms with van der Waals surface area (Å²) in [6.45, 7) is 0. The van der Waals surface area contributed by atoms with Crippen molar-refractivity contribution in [2.24, 2.45) is 0 Å². The van der Waals surface area contributed by atoms with Crippen molar-refractivity contribution in [3.63, 3.8) is 0 Å². The number of rotatable bonds is 7. The van der Waals surface area contributed by atoms with Crippen molar-refractivity contribution in [3.05, 3.63) is 218 Å². The van der Waals surface area contributed by atoms with Gasteiger partial charge in [-0.05, 0) is 68.1 Å². The molecule has 3 nitrogen and oxygen atoms in total. The first-order chi connectivity index (χ1) is 29.2. The second-order valence-corrected chi connectivity index (χ2v) is 14.9. The molecule has 0 N–H and O–H groups in total. The van der Waals surface area contributed by atoms with Crippen LogP contribution in [0.4, 0.5) is 0 Å². The molecule has 11 aromatic rings. The molecule has 11 rings (SSSR count). The largest absolute Gasteiger partial charge is 0.455 e. The van der Waals surface area contributed by atoms with Crippen LogP contribution in [-0.2, 0) is 0 Å². The van der Waals surface area contributed by atoms with Gasteiger partial charge in [0.2, 0.25) is 0 Å². The van der Waals surface area contributed by atoms with E-state index in [-0.39, 0.29) is 0 Å². The van der Waals surface area contributed by atoms with Crippen molar-refractivity contribution in [3.8, 4) is 78.4 Å². The molecular weight excluding hydrogens is 717 g/mol. The maximum absolute atomic E-state index is 6.63. The Morgan fingerprint density at radius 2 is 0.729 bits per heavy atom. The Morgan fingerprint density at radius 3 is 1.31 bits per heavy atom. The van der Waals surface area contributed by atoms with Crippen LogP contribution in [-0.4, -0.2) is 9.97 Å². The van der Waals surface area contributed by atoms with E-state index in [1.807, 2.05) is 12.1 Å². The van der Waals surface area contributed by atoms with Gasteiger partial charge in [0.05, 0.1) is 11.4 Å². The number of hydrogen-bond donors (Lipinski definition) is 0. The first-order valence-electron chi connectivity index (χ1n) is 20.0. The molecule has 2 aromatic heterocycles. The zero-order valence-corrected chi connectivity index (χ0v) is 32.1. The van der Waals surface area contributed by atoms with E-state index in [1.165, 1.54) is 27.8 Å². The van der Waals surface area contributed by atoms with E-state index >= 15 is 0 Å². The summed E-state index contributed by atoms with van der Waals surface area (Å²) in [6.07, 6.45) is 0. The number of furan rings is 1. The lowest BCUT2D eigenvalue weighted by Gasteiger charge is -2.12. The normalized spacial score (nSPS) is 11.4. The van der Waals surface area contributed by atoms with Crippen molar-refractivity contribution < 1.29 is 4.42 Å². The monoisotopic (exact) mass is 752 g/mol. The van der Waals surface area contributed by atoms with E-state index in [2.05, 4.69) is 206 Å². The van der Waals surface area contributed by atoms with Gasteiger partial charge in [-0.25, -0.2) is 9.97 Å². The molecule has 0 radical (unpaired) electrons.